The van der Waals surface area contributed by atoms with Crippen LogP contribution in [0.5, 0.6) is 0 Å². The largest absolute Gasteiger partial charge is 0.378 e. The van der Waals surface area contributed by atoms with Gasteiger partial charge in [-0.2, -0.15) is 10.1 Å². The number of ether oxygens (including phenoxy) is 1. The molecule has 0 saturated carbocycles. The third-order valence-electron chi connectivity index (χ3n) is 4.70. The van der Waals surface area contributed by atoms with E-state index < -0.39 is 0 Å². The fraction of sp³-hybridized carbons (Fsp3) is 0.238. The Hall–Kier alpha value is -2.44. The van der Waals surface area contributed by atoms with Crippen molar-refractivity contribution in [1.29, 1.82) is 0 Å². The molecule has 1 amide bonds. The number of benzene rings is 2. The average molecular weight is 426 g/mol. The number of anilines is 2. The molecule has 0 atom stereocenters. The summed E-state index contributed by atoms with van der Waals surface area (Å²) in [6, 6.07) is 15.8. The summed E-state index contributed by atoms with van der Waals surface area (Å²) in [4.78, 5) is 15.2. The number of carbonyl (C=O) groups is 1. The first-order chi connectivity index (χ1) is 13.1. The van der Waals surface area contributed by atoms with Crippen molar-refractivity contribution in [3.63, 3.8) is 0 Å². The second-order valence-corrected chi connectivity index (χ2v) is 7.45. The Morgan fingerprint density at radius 3 is 2.52 bits per heavy atom. The Labute approximate surface area is 167 Å². The highest BCUT2D eigenvalue weighted by molar-refractivity contribution is 9.10. The Bertz CT molecular complexity index is 915. The Morgan fingerprint density at radius 2 is 1.81 bits per heavy atom. The minimum atomic E-state index is -0.108. The summed E-state index contributed by atoms with van der Waals surface area (Å²) < 4.78 is 6.32. The van der Waals surface area contributed by atoms with Crippen molar-refractivity contribution in [1.82, 2.24) is 0 Å². The lowest BCUT2D eigenvalue weighted by atomic mass is 10.1. The standard InChI is InChI=1S/C21H20BrN3O2/c1-15-20(21(26)25(23-15)19-4-2-3-17(22)14-19)13-16-5-7-18(8-6-16)24-9-11-27-12-10-24/h2-8,13-14H,9-12H2,1H3/b20-13+. The molecule has 0 spiro atoms. The Morgan fingerprint density at radius 1 is 1.07 bits per heavy atom. The first kappa shape index (κ1) is 17.9. The lowest BCUT2D eigenvalue weighted by Crippen LogP contribution is -2.36. The van der Waals surface area contributed by atoms with Crippen LogP contribution >= 0.6 is 15.9 Å². The molecule has 2 heterocycles. The third-order valence-corrected chi connectivity index (χ3v) is 5.19. The van der Waals surface area contributed by atoms with Gasteiger partial charge in [-0.25, -0.2) is 0 Å². The van der Waals surface area contributed by atoms with E-state index in [9.17, 15) is 4.79 Å². The number of amides is 1. The highest BCUT2D eigenvalue weighted by atomic mass is 79.9. The van der Waals surface area contributed by atoms with Crippen molar-refractivity contribution in [2.24, 2.45) is 5.10 Å². The van der Waals surface area contributed by atoms with Gasteiger partial charge in [0.1, 0.15) is 0 Å². The van der Waals surface area contributed by atoms with E-state index >= 15 is 0 Å². The normalized spacial score (nSPS) is 19.0. The van der Waals surface area contributed by atoms with Crippen LogP contribution < -0.4 is 9.91 Å². The molecule has 0 unspecified atom stereocenters. The van der Waals surface area contributed by atoms with E-state index in [0.717, 1.165) is 47.7 Å². The van der Waals surface area contributed by atoms with E-state index in [0.29, 0.717) is 5.57 Å². The second kappa shape index (κ2) is 7.66. The number of nitrogens with zero attached hydrogens (tertiary/aromatic N) is 3. The van der Waals surface area contributed by atoms with Crippen molar-refractivity contribution >= 4 is 45.0 Å². The highest BCUT2D eigenvalue weighted by Gasteiger charge is 2.28. The summed E-state index contributed by atoms with van der Waals surface area (Å²) >= 11 is 3.44. The van der Waals surface area contributed by atoms with Crippen molar-refractivity contribution in [3.8, 4) is 0 Å². The molecule has 138 valence electrons. The van der Waals surface area contributed by atoms with E-state index in [1.807, 2.05) is 49.4 Å². The van der Waals surface area contributed by atoms with Gasteiger partial charge in [0.05, 0.1) is 30.2 Å². The lowest BCUT2D eigenvalue weighted by Gasteiger charge is -2.28. The number of rotatable bonds is 3. The van der Waals surface area contributed by atoms with Crippen molar-refractivity contribution in [3.05, 3.63) is 64.1 Å². The third kappa shape index (κ3) is 3.82. The zero-order chi connectivity index (χ0) is 18.8. The van der Waals surface area contributed by atoms with E-state index in [1.165, 1.54) is 10.7 Å². The number of hydrogen-bond donors (Lipinski definition) is 0. The van der Waals surface area contributed by atoms with Crippen LogP contribution in [0, 0.1) is 0 Å². The molecule has 0 aromatic heterocycles. The van der Waals surface area contributed by atoms with E-state index in [4.69, 9.17) is 4.74 Å². The molecule has 5 nitrogen and oxygen atoms in total. The molecule has 2 aliphatic heterocycles. The Kier molecular flexibility index (Phi) is 5.09. The van der Waals surface area contributed by atoms with Gasteiger partial charge in [0, 0.05) is 23.2 Å². The second-order valence-electron chi connectivity index (χ2n) is 6.53. The monoisotopic (exact) mass is 425 g/mol. The van der Waals surface area contributed by atoms with Gasteiger partial charge in [-0.15, -0.1) is 0 Å². The summed E-state index contributed by atoms with van der Waals surface area (Å²) in [7, 11) is 0. The van der Waals surface area contributed by atoms with Gasteiger partial charge in [-0.05, 0) is 48.9 Å². The van der Waals surface area contributed by atoms with Gasteiger partial charge < -0.3 is 9.64 Å². The molecule has 0 aliphatic carbocycles. The van der Waals surface area contributed by atoms with E-state index in [-0.39, 0.29) is 5.91 Å². The molecule has 4 rings (SSSR count). The maximum Gasteiger partial charge on any atom is 0.280 e. The fourth-order valence-electron chi connectivity index (χ4n) is 3.24. The summed E-state index contributed by atoms with van der Waals surface area (Å²) in [5, 5.41) is 5.89. The van der Waals surface area contributed by atoms with Gasteiger partial charge in [-0.3, -0.25) is 4.79 Å². The predicted octanol–water partition coefficient (Wildman–Crippen LogP) is 4.09. The molecule has 2 aromatic rings. The van der Waals surface area contributed by atoms with Crippen LogP contribution in [0.2, 0.25) is 0 Å². The van der Waals surface area contributed by atoms with Crippen LogP contribution in [0.25, 0.3) is 6.08 Å². The maximum atomic E-state index is 12.9. The smallest absolute Gasteiger partial charge is 0.280 e. The van der Waals surface area contributed by atoms with Crippen LogP contribution in [0.3, 0.4) is 0 Å². The molecular weight excluding hydrogens is 406 g/mol. The predicted molar refractivity (Wildman–Crippen MR) is 112 cm³/mol. The molecule has 1 fully saturated rings. The molecule has 6 heteroatoms. The van der Waals surface area contributed by atoms with Crippen LogP contribution in [-0.2, 0) is 9.53 Å². The SMILES string of the molecule is CC1=NN(c2cccc(Br)c2)C(=O)/C1=C/c1ccc(N2CCOCC2)cc1. The quantitative estimate of drug-likeness (QED) is 0.695. The van der Waals surface area contributed by atoms with Gasteiger partial charge in [0.25, 0.3) is 5.91 Å². The van der Waals surface area contributed by atoms with Crippen LogP contribution in [-0.4, -0.2) is 37.9 Å². The molecule has 0 N–H and O–H groups in total. The lowest BCUT2D eigenvalue weighted by molar-refractivity contribution is -0.114. The summed E-state index contributed by atoms with van der Waals surface area (Å²) in [6.07, 6.45) is 1.91. The van der Waals surface area contributed by atoms with E-state index in [1.54, 1.807) is 0 Å². The summed E-state index contributed by atoms with van der Waals surface area (Å²) in [5.41, 5.74) is 4.26. The van der Waals surface area contributed by atoms with Crippen molar-refractivity contribution in [2.75, 3.05) is 36.2 Å². The highest BCUT2D eigenvalue weighted by Crippen LogP contribution is 2.27. The topological polar surface area (TPSA) is 45.1 Å². The molecule has 2 aromatic carbocycles. The number of hydrogen-bond acceptors (Lipinski definition) is 4. The average Bonchev–Trinajstić information content (AvgIpc) is 2.97. The number of carbonyl (C=O) groups excluding carboxylic acids is 1. The van der Waals surface area contributed by atoms with Gasteiger partial charge in [0.15, 0.2) is 0 Å². The fourth-order valence-corrected chi connectivity index (χ4v) is 3.62. The van der Waals surface area contributed by atoms with Crippen molar-refractivity contribution in [2.45, 2.75) is 6.92 Å². The van der Waals surface area contributed by atoms with Gasteiger partial charge in [0.2, 0.25) is 0 Å². The molecule has 0 bridgehead atoms. The first-order valence-corrected chi connectivity index (χ1v) is 9.71. The maximum absolute atomic E-state index is 12.9. The minimum Gasteiger partial charge on any atom is -0.378 e. The number of morpholine rings is 1. The van der Waals surface area contributed by atoms with E-state index in [2.05, 4.69) is 38.1 Å². The molecule has 1 saturated heterocycles. The zero-order valence-electron chi connectivity index (χ0n) is 15.1. The minimum absolute atomic E-state index is 0.108. The number of halogens is 1. The van der Waals surface area contributed by atoms with Crippen molar-refractivity contribution < 1.29 is 9.53 Å². The van der Waals surface area contributed by atoms with Gasteiger partial charge in [-0.1, -0.05) is 34.1 Å². The van der Waals surface area contributed by atoms with Crippen LogP contribution in [0.4, 0.5) is 11.4 Å². The summed E-state index contributed by atoms with van der Waals surface area (Å²) in [6.45, 7) is 5.21. The molecule has 0 radical (unpaired) electrons. The van der Waals surface area contributed by atoms with Gasteiger partial charge >= 0.3 is 0 Å². The zero-order valence-corrected chi connectivity index (χ0v) is 16.6. The summed E-state index contributed by atoms with van der Waals surface area (Å²) in [5.74, 6) is -0.108. The van der Waals surface area contributed by atoms with Crippen LogP contribution in [0.15, 0.2) is 63.7 Å². The molecule has 2 aliphatic rings. The first-order valence-electron chi connectivity index (χ1n) is 8.92. The number of hydrazone groups is 1. The molecule has 27 heavy (non-hydrogen) atoms. The Balaban J connectivity index is 1.55. The van der Waals surface area contributed by atoms with Crippen LogP contribution in [0.1, 0.15) is 12.5 Å². The molecular formula is C21H20BrN3O2.